The number of carbonyl (C=O) groups is 3. The van der Waals surface area contributed by atoms with Gasteiger partial charge in [-0.2, -0.15) is 0 Å². The standard InChI is InChI=1S/C25H29N3O4/c1-3-22(29)18-4-9-23-21(14-18)28(25(31)16-32-23)15-24(30)26-19-5-7-20(8-6-19)27-12-10-17(2)11-13-27/h4-9,14,17H,3,10-13,15-16H2,1-2H3,(H,26,30). The van der Waals surface area contributed by atoms with Crippen LogP contribution < -0.4 is 19.9 Å². The number of ketones is 1. The molecule has 1 N–H and O–H groups in total. The van der Waals surface area contributed by atoms with Crippen molar-refractivity contribution < 1.29 is 19.1 Å². The van der Waals surface area contributed by atoms with E-state index in [2.05, 4.69) is 17.1 Å². The van der Waals surface area contributed by atoms with E-state index in [1.807, 2.05) is 24.3 Å². The van der Waals surface area contributed by atoms with E-state index >= 15 is 0 Å². The zero-order valence-corrected chi connectivity index (χ0v) is 18.6. The predicted molar refractivity (Wildman–Crippen MR) is 125 cm³/mol. The number of carbonyl (C=O) groups excluding carboxylic acids is 3. The van der Waals surface area contributed by atoms with Crippen LogP contribution in [0.25, 0.3) is 0 Å². The van der Waals surface area contributed by atoms with Crippen LogP contribution >= 0.6 is 0 Å². The summed E-state index contributed by atoms with van der Waals surface area (Å²) in [6.45, 7) is 5.89. The Balaban J connectivity index is 1.43. The number of Topliss-reactive ketones (excluding diaryl/α,β-unsaturated/α-hetero) is 1. The minimum absolute atomic E-state index is 0.0292. The molecule has 2 aliphatic heterocycles. The first-order valence-corrected chi connectivity index (χ1v) is 11.2. The number of hydrogen-bond donors (Lipinski definition) is 1. The third-order valence-corrected chi connectivity index (χ3v) is 6.15. The number of nitrogens with zero attached hydrogens (tertiary/aromatic N) is 2. The Hall–Kier alpha value is -3.35. The fraction of sp³-hybridized carbons (Fsp3) is 0.400. The third-order valence-electron chi connectivity index (χ3n) is 6.15. The summed E-state index contributed by atoms with van der Waals surface area (Å²) in [6, 6.07) is 12.8. The van der Waals surface area contributed by atoms with Crippen molar-refractivity contribution in [1.29, 1.82) is 0 Å². The molecule has 0 aromatic heterocycles. The molecule has 2 aliphatic rings. The number of nitrogens with one attached hydrogen (secondary N) is 1. The molecule has 0 saturated carbocycles. The average molecular weight is 436 g/mol. The maximum Gasteiger partial charge on any atom is 0.265 e. The van der Waals surface area contributed by atoms with Gasteiger partial charge in [0.05, 0.1) is 5.69 Å². The van der Waals surface area contributed by atoms with Crippen molar-refractivity contribution >= 4 is 34.7 Å². The van der Waals surface area contributed by atoms with Crippen molar-refractivity contribution in [2.75, 3.05) is 41.4 Å². The third kappa shape index (κ3) is 4.77. The maximum atomic E-state index is 12.7. The number of benzene rings is 2. The summed E-state index contributed by atoms with van der Waals surface area (Å²) in [5, 5.41) is 2.87. The molecule has 0 bridgehead atoms. The highest BCUT2D eigenvalue weighted by Crippen LogP contribution is 2.33. The zero-order valence-electron chi connectivity index (χ0n) is 18.6. The van der Waals surface area contributed by atoms with E-state index in [4.69, 9.17) is 4.74 Å². The van der Waals surface area contributed by atoms with Gasteiger partial charge in [-0.25, -0.2) is 0 Å². The van der Waals surface area contributed by atoms with Gasteiger partial charge in [0.2, 0.25) is 5.91 Å². The van der Waals surface area contributed by atoms with Gasteiger partial charge in [-0.05, 0) is 61.2 Å². The second kappa shape index (κ2) is 9.42. The fourth-order valence-electron chi connectivity index (χ4n) is 4.12. The SMILES string of the molecule is CCC(=O)c1ccc2c(c1)N(CC(=O)Nc1ccc(N3CCC(C)CC3)cc1)C(=O)CO2. The lowest BCUT2D eigenvalue weighted by molar-refractivity contribution is -0.123. The Morgan fingerprint density at radius 1 is 1.09 bits per heavy atom. The Bertz CT molecular complexity index is 1010. The van der Waals surface area contributed by atoms with Gasteiger partial charge in [0.25, 0.3) is 5.91 Å². The molecule has 0 spiro atoms. The molecular formula is C25H29N3O4. The fourth-order valence-corrected chi connectivity index (χ4v) is 4.12. The van der Waals surface area contributed by atoms with Crippen LogP contribution in [0.5, 0.6) is 5.75 Å². The summed E-state index contributed by atoms with van der Waals surface area (Å²) >= 11 is 0. The molecule has 0 aliphatic carbocycles. The quantitative estimate of drug-likeness (QED) is 0.697. The van der Waals surface area contributed by atoms with E-state index in [0.29, 0.717) is 29.1 Å². The second-order valence-corrected chi connectivity index (χ2v) is 8.49. The molecule has 7 nitrogen and oxygen atoms in total. The average Bonchev–Trinajstić information content (AvgIpc) is 2.81. The number of hydrogen-bond acceptors (Lipinski definition) is 5. The van der Waals surface area contributed by atoms with Crippen LogP contribution in [0.1, 0.15) is 43.5 Å². The Morgan fingerprint density at radius 3 is 2.50 bits per heavy atom. The number of fused-ring (bicyclic) bond motifs is 1. The van der Waals surface area contributed by atoms with Crippen molar-refractivity contribution in [3.63, 3.8) is 0 Å². The van der Waals surface area contributed by atoms with E-state index < -0.39 is 0 Å². The van der Waals surface area contributed by atoms with Gasteiger partial charge in [0, 0.05) is 36.4 Å². The minimum Gasteiger partial charge on any atom is -0.482 e. The first kappa shape index (κ1) is 21.9. The molecule has 32 heavy (non-hydrogen) atoms. The van der Waals surface area contributed by atoms with Crippen LogP contribution in [0, 0.1) is 5.92 Å². The first-order valence-electron chi connectivity index (χ1n) is 11.2. The molecule has 0 unspecified atom stereocenters. The number of ether oxygens (including phenoxy) is 1. The Morgan fingerprint density at radius 2 is 1.81 bits per heavy atom. The summed E-state index contributed by atoms with van der Waals surface area (Å²) in [4.78, 5) is 41.0. The van der Waals surface area contributed by atoms with Crippen LogP contribution in [0.3, 0.4) is 0 Å². The molecule has 0 atom stereocenters. The summed E-state index contributed by atoms with van der Waals surface area (Å²) < 4.78 is 5.47. The van der Waals surface area contributed by atoms with Crippen molar-refractivity contribution in [2.24, 2.45) is 5.92 Å². The van der Waals surface area contributed by atoms with E-state index in [1.165, 1.54) is 17.7 Å². The van der Waals surface area contributed by atoms with Crippen LogP contribution in [0.4, 0.5) is 17.1 Å². The number of rotatable bonds is 6. The molecule has 0 radical (unpaired) electrons. The highest BCUT2D eigenvalue weighted by molar-refractivity contribution is 6.06. The summed E-state index contributed by atoms with van der Waals surface area (Å²) in [5.41, 5.74) is 2.78. The van der Waals surface area contributed by atoms with Gasteiger partial charge in [-0.1, -0.05) is 13.8 Å². The van der Waals surface area contributed by atoms with Crippen molar-refractivity contribution in [1.82, 2.24) is 0 Å². The lowest BCUT2D eigenvalue weighted by Crippen LogP contribution is -2.43. The van der Waals surface area contributed by atoms with Crippen LogP contribution in [-0.4, -0.2) is 43.8 Å². The molecule has 2 aromatic rings. The number of piperidine rings is 1. The number of amides is 2. The van der Waals surface area contributed by atoms with Crippen LogP contribution in [-0.2, 0) is 9.59 Å². The Labute approximate surface area is 188 Å². The largest absolute Gasteiger partial charge is 0.482 e. The summed E-state index contributed by atoms with van der Waals surface area (Å²) in [5.74, 6) is 0.610. The van der Waals surface area contributed by atoms with Crippen LogP contribution in [0.15, 0.2) is 42.5 Å². The number of anilines is 3. The van der Waals surface area contributed by atoms with Gasteiger partial charge < -0.3 is 15.0 Å². The lowest BCUT2D eigenvalue weighted by Gasteiger charge is -2.32. The first-order chi connectivity index (χ1) is 15.4. The molecule has 1 fully saturated rings. The van der Waals surface area contributed by atoms with Gasteiger partial charge >= 0.3 is 0 Å². The molecule has 4 rings (SSSR count). The summed E-state index contributed by atoms with van der Waals surface area (Å²) in [7, 11) is 0. The van der Waals surface area contributed by atoms with Gasteiger partial charge in [0.15, 0.2) is 12.4 Å². The minimum atomic E-state index is -0.316. The highest BCUT2D eigenvalue weighted by atomic mass is 16.5. The van der Waals surface area contributed by atoms with Gasteiger partial charge in [-0.15, -0.1) is 0 Å². The normalized spacial score (nSPS) is 16.4. The molecule has 2 amide bonds. The molecule has 2 heterocycles. The van der Waals surface area contributed by atoms with E-state index in [1.54, 1.807) is 25.1 Å². The lowest BCUT2D eigenvalue weighted by atomic mass is 9.99. The zero-order chi connectivity index (χ0) is 22.7. The molecular weight excluding hydrogens is 406 g/mol. The van der Waals surface area contributed by atoms with Crippen molar-refractivity contribution in [3.05, 3.63) is 48.0 Å². The molecule has 7 heteroatoms. The van der Waals surface area contributed by atoms with E-state index in [0.717, 1.165) is 24.7 Å². The van der Waals surface area contributed by atoms with Crippen LogP contribution in [0.2, 0.25) is 0 Å². The van der Waals surface area contributed by atoms with Crippen molar-refractivity contribution in [3.8, 4) is 5.75 Å². The van der Waals surface area contributed by atoms with E-state index in [-0.39, 0.29) is 30.7 Å². The maximum absolute atomic E-state index is 12.7. The predicted octanol–water partition coefficient (Wildman–Crippen LogP) is 3.88. The Kier molecular flexibility index (Phi) is 6.44. The van der Waals surface area contributed by atoms with E-state index in [9.17, 15) is 14.4 Å². The monoisotopic (exact) mass is 435 g/mol. The second-order valence-electron chi connectivity index (χ2n) is 8.49. The van der Waals surface area contributed by atoms with Gasteiger partial charge in [0.1, 0.15) is 12.3 Å². The molecule has 1 saturated heterocycles. The van der Waals surface area contributed by atoms with Gasteiger partial charge in [-0.3, -0.25) is 19.3 Å². The van der Waals surface area contributed by atoms with Crippen molar-refractivity contribution in [2.45, 2.75) is 33.1 Å². The smallest absolute Gasteiger partial charge is 0.265 e. The molecule has 168 valence electrons. The molecule has 2 aromatic carbocycles. The summed E-state index contributed by atoms with van der Waals surface area (Å²) in [6.07, 6.45) is 2.75. The highest BCUT2D eigenvalue weighted by Gasteiger charge is 2.28. The topological polar surface area (TPSA) is 79.0 Å².